The number of anilines is 6. The van der Waals surface area contributed by atoms with Gasteiger partial charge in [-0.05, 0) is 161 Å². The molecule has 0 amide bonds. The first-order valence-corrected chi connectivity index (χ1v) is 25.8. The minimum Gasteiger partial charge on any atom is -0.310 e. The van der Waals surface area contributed by atoms with E-state index in [2.05, 4.69) is 289 Å². The minimum atomic E-state index is -0.530. The zero-order chi connectivity index (χ0) is 48.5. The van der Waals surface area contributed by atoms with Gasteiger partial charge in [0.1, 0.15) is 0 Å². The molecule has 2 nitrogen and oxygen atoms in total. The van der Waals surface area contributed by atoms with Gasteiger partial charge >= 0.3 is 0 Å². The van der Waals surface area contributed by atoms with Crippen LogP contribution in [0.5, 0.6) is 0 Å². The molecule has 0 radical (unpaired) electrons. The topological polar surface area (TPSA) is 6.48 Å². The molecule has 0 saturated heterocycles. The zero-order valence-corrected chi connectivity index (χ0v) is 40.5. The third-order valence-corrected chi connectivity index (χ3v) is 16.8. The lowest BCUT2D eigenvalue weighted by Crippen LogP contribution is -2.35. The maximum atomic E-state index is 2.49. The Labute approximate surface area is 431 Å². The van der Waals surface area contributed by atoms with Gasteiger partial charge in [-0.1, -0.05) is 212 Å². The van der Waals surface area contributed by atoms with Crippen molar-refractivity contribution in [1.82, 2.24) is 0 Å². The summed E-state index contributed by atoms with van der Waals surface area (Å²) in [4.78, 5) is 4.93. The van der Waals surface area contributed by atoms with Crippen LogP contribution in [0.4, 0.5) is 34.1 Å². The second-order valence-corrected chi connectivity index (χ2v) is 20.3. The molecule has 1 atom stereocenters. The summed E-state index contributed by atoms with van der Waals surface area (Å²) in [5.74, 6) is 0. The van der Waals surface area contributed by atoms with Crippen molar-refractivity contribution in [2.75, 3.05) is 9.80 Å². The Morgan fingerprint density at radius 3 is 1.47 bits per heavy atom. The van der Waals surface area contributed by atoms with E-state index in [-0.39, 0.29) is 0 Å². The monoisotopic (exact) mass is 938 g/mol. The van der Waals surface area contributed by atoms with E-state index in [1.54, 1.807) is 0 Å². The van der Waals surface area contributed by atoms with Crippen molar-refractivity contribution < 1.29 is 0 Å². The van der Waals surface area contributed by atoms with Crippen LogP contribution in [0.1, 0.15) is 44.5 Å². The highest BCUT2D eigenvalue weighted by molar-refractivity contribution is 6.01. The van der Waals surface area contributed by atoms with Crippen LogP contribution < -0.4 is 9.80 Å². The Balaban J connectivity index is 0.868. The van der Waals surface area contributed by atoms with E-state index in [4.69, 9.17) is 0 Å². The lowest BCUT2D eigenvalue weighted by molar-refractivity contribution is 0.754. The van der Waals surface area contributed by atoms with Crippen molar-refractivity contribution in [1.29, 1.82) is 0 Å². The number of nitrogens with zero attached hydrogens (tertiary/aromatic N) is 2. The predicted octanol–water partition coefficient (Wildman–Crippen LogP) is 18.5. The highest BCUT2D eigenvalue weighted by Crippen LogP contribution is 2.66. The third-order valence-electron chi connectivity index (χ3n) is 16.8. The lowest BCUT2D eigenvalue weighted by Gasteiger charge is -2.44. The normalized spacial score (nSPS) is 15.4. The first-order valence-electron chi connectivity index (χ1n) is 25.8. The van der Waals surface area contributed by atoms with Crippen molar-refractivity contribution in [3.8, 4) is 44.5 Å². The summed E-state index contributed by atoms with van der Waals surface area (Å²) in [6.45, 7) is 0. The molecular weight excluding hydrogens is 893 g/mol. The number of para-hydroxylation sites is 2. The van der Waals surface area contributed by atoms with Crippen LogP contribution in [0.25, 0.3) is 55.3 Å². The van der Waals surface area contributed by atoms with Crippen LogP contribution in [0.3, 0.4) is 0 Å². The molecule has 0 fully saturated rings. The van der Waals surface area contributed by atoms with Crippen molar-refractivity contribution in [2.24, 2.45) is 0 Å². The molecule has 12 aromatic carbocycles. The summed E-state index contributed by atoms with van der Waals surface area (Å²) < 4.78 is 0. The molecule has 12 aromatic rings. The molecule has 0 aromatic heterocycles. The van der Waals surface area contributed by atoms with Gasteiger partial charge in [0.2, 0.25) is 0 Å². The molecule has 0 bridgehead atoms. The summed E-state index contributed by atoms with van der Waals surface area (Å²) >= 11 is 0. The molecule has 3 aliphatic carbocycles. The van der Waals surface area contributed by atoms with Crippen LogP contribution in [0, 0.1) is 0 Å². The smallest absolute Gasteiger partial charge is 0.0754 e. The van der Waals surface area contributed by atoms with E-state index in [0.717, 1.165) is 22.7 Å². The zero-order valence-electron chi connectivity index (χ0n) is 40.5. The summed E-state index contributed by atoms with van der Waals surface area (Å²) in [6, 6.07) is 104. The highest BCUT2D eigenvalue weighted by Gasteiger charge is 2.54. The highest BCUT2D eigenvalue weighted by atomic mass is 15.2. The van der Waals surface area contributed by atoms with Gasteiger partial charge in [0.25, 0.3) is 0 Å². The third kappa shape index (κ3) is 5.44. The van der Waals surface area contributed by atoms with Gasteiger partial charge < -0.3 is 9.80 Å². The predicted molar refractivity (Wildman–Crippen MR) is 306 cm³/mol. The summed E-state index contributed by atoms with van der Waals surface area (Å²) in [5, 5.41) is 2.43. The Hall–Kier alpha value is -9.50. The van der Waals surface area contributed by atoms with E-state index in [1.165, 1.54) is 111 Å². The van der Waals surface area contributed by atoms with E-state index in [1.807, 2.05) is 0 Å². The first kappa shape index (κ1) is 41.2. The van der Waals surface area contributed by atoms with E-state index in [9.17, 15) is 0 Å². The van der Waals surface area contributed by atoms with Crippen LogP contribution in [-0.4, -0.2) is 0 Å². The molecule has 1 aliphatic heterocycles. The summed E-state index contributed by atoms with van der Waals surface area (Å²) in [5.41, 5.74) is 26.6. The van der Waals surface area contributed by atoms with Crippen LogP contribution in [-0.2, 0) is 10.8 Å². The minimum absolute atomic E-state index is 0.447. The summed E-state index contributed by atoms with van der Waals surface area (Å²) in [7, 11) is 0. The molecule has 1 unspecified atom stereocenters. The second-order valence-electron chi connectivity index (χ2n) is 20.3. The second kappa shape index (κ2) is 15.5. The van der Waals surface area contributed by atoms with Gasteiger partial charge in [-0.25, -0.2) is 0 Å². The molecule has 2 heteroatoms. The number of hydrogen-bond donors (Lipinski definition) is 0. The van der Waals surface area contributed by atoms with E-state index in [0.29, 0.717) is 0 Å². The number of rotatable bonds is 6. The van der Waals surface area contributed by atoms with Gasteiger partial charge in [-0.3, -0.25) is 0 Å². The Bertz CT molecular complexity index is 4200. The van der Waals surface area contributed by atoms with Crippen LogP contribution >= 0.6 is 0 Å². The SMILES string of the molecule is c1ccc(N2c3ccccc3C3(c4ccccc4)c4cc(-c5ccc(N(c6ccc7c(c6)C6(c8ccccc8-c8ccccc86)c6ccccc6-7)c6ccc7ccccc7c6)cc5)ccc4-c4cccc2c43)cc1. The van der Waals surface area contributed by atoms with Gasteiger partial charge in [0, 0.05) is 28.3 Å². The van der Waals surface area contributed by atoms with Gasteiger partial charge in [0.15, 0.2) is 0 Å². The van der Waals surface area contributed by atoms with Crippen molar-refractivity contribution >= 4 is 44.9 Å². The van der Waals surface area contributed by atoms with E-state index < -0.39 is 10.8 Å². The standard InChI is InChI=1S/C72H46N2/c1-3-20-51(21-4-1)71-65-31-15-16-32-68(65)74(52-22-5-2-6-23-52)69-33-17-27-61(70(69)71)60-42-37-50(45-66(60)71)48-34-38-53(39-35-48)73(54-40-36-47-18-7-8-19-49(47)44-54)55-41-43-59-58-26-11-14-30-64(58)72(67(59)46-55)62-28-12-9-24-56(62)57-25-10-13-29-63(57)72/h1-46H. The van der Waals surface area contributed by atoms with Crippen molar-refractivity contribution in [2.45, 2.75) is 10.8 Å². The van der Waals surface area contributed by atoms with Crippen molar-refractivity contribution in [3.05, 3.63) is 324 Å². The first-order chi connectivity index (χ1) is 36.7. The molecule has 0 N–H and O–H groups in total. The van der Waals surface area contributed by atoms with Crippen LogP contribution in [0.15, 0.2) is 279 Å². The molecule has 0 saturated carbocycles. The van der Waals surface area contributed by atoms with Gasteiger partial charge in [0.05, 0.1) is 22.2 Å². The Morgan fingerprint density at radius 1 is 0.270 bits per heavy atom. The fourth-order valence-corrected chi connectivity index (χ4v) is 13.9. The molecule has 344 valence electrons. The van der Waals surface area contributed by atoms with Gasteiger partial charge in [-0.2, -0.15) is 0 Å². The maximum Gasteiger partial charge on any atom is 0.0754 e. The Morgan fingerprint density at radius 2 is 0.757 bits per heavy atom. The van der Waals surface area contributed by atoms with Gasteiger partial charge in [-0.15, -0.1) is 0 Å². The number of fused-ring (bicyclic) bond motifs is 16. The summed E-state index contributed by atoms with van der Waals surface area (Å²) in [6.07, 6.45) is 0. The molecule has 4 aliphatic rings. The van der Waals surface area contributed by atoms with Crippen LogP contribution in [0.2, 0.25) is 0 Å². The quantitative estimate of drug-likeness (QED) is 0.164. The molecular formula is C72H46N2. The molecule has 16 rings (SSSR count). The molecule has 1 heterocycles. The number of benzene rings is 12. The molecule has 74 heavy (non-hydrogen) atoms. The van der Waals surface area contributed by atoms with E-state index >= 15 is 0 Å². The maximum absolute atomic E-state index is 2.49. The molecule has 1 spiro atoms. The number of hydrogen-bond acceptors (Lipinski definition) is 2. The Kier molecular flexibility index (Phi) is 8.62. The average molecular weight is 939 g/mol. The van der Waals surface area contributed by atoms with Crippen molar-refractivity contribution in [3.63, 3.8) is 0 Å². The fourth-order valence-electron chi connectivity index (χ4n) is 13.9. The fraction of sp³-hybridized carbons (Fsp3) is 0.0278. The lowest BCUT2D eigenvalue weighted by atomic mass is 9.64. The average Bonchev–Trinajstić information content (AvgIpc) is 4.15. The largest absolute Gasteiger partial charge is 0.310 e.